The number of aromatic nitrogens is 2. The van der Waals surface area contributed by atoms with E-state index < -0.39 is 0 Å². The molecule has 31 heavy (non-hydrogen) atoms. The molecule has 0 aliphatic carbocycles. The van der Waals surface area contributed by atoms with Gasteiger partial charge in [-0.25, -0.2) is 0 Å². The summed E-state index contributed by atoms with van der Waals surface area (Å²) in [6, 6.07) is 15.6. The van der Waals surface area contributed by atoms with E-state index in [1.165, 1.54) is 17.4 Å². The van der Waals surface area contributed by atoms with Crippen LogP contribution in [0.15, 0.2) is 58.2 Å². The average molecular weight is 441 g/mol. The molecule has 2 aromatic carbocycles. The first-order valence-electron chi connectivity index (χ1n) is 9.94. The van der Waals surface area contributed by atoms with Crippen LogP contribution in [0.4, 0.5) is 5.69 Å². The molecule has 0 N–H and O–H groups in total. The summed E-state index contributed by atoms with van der Waals surface area (Å²) in [5.74, 6) is 1.94. The van der Waals surface area contributed by atoms with Crippen LogP contribution < -0.4 is 14.4 Å². The second-order valence-corrected chi connectivity index (χ2v) is 7.89. The lowest BCUT2D eigenvalue weighted by Gasteiger charge is -2.36. The van der Waals surface area contributed by atoms with E-state index in [1.54, 1.807) is 32.4 Å². The summed E-state index contributed by atoms with van der Waals surface area (Å²) < 4.78 is 16.3. The summed E-state index contributed by atoms with van der Waals surface area (Å²) in [5, 5.41) is 8.50. The van der Waals surface area contributed by atoms with Crippen molar-refractivity contribution in [2.24, 2.45) is 0 Å². The maximum Gasteiger partial charge on any atom is 0.277 e. The number of carbonyl (C=O) groups is 1. The first-order valence-corrected chi connectivity index (χ1v) is 10.9. The van der Waals surface area contributed by atoms with Crippen LogP contribution in [0.25, 0.3) is 11.5 Å². The number of amides is 1. The van der Waals surface area contributed by atoms with Crippen molar-refractivity contribution in [3.05, 3.63) is 48.5 Å². The molecule has 0 radical (unpaired) electrons. The van der Waals surface area contributed by atoms with Crippen molar-refractivity contribution >= 4 is 23.4 Å². The lowest BCUT2D eigenvalue weighted by Crippen LogP contribution is -2.49. The minimum atomic E-state index is 0.0699. The largest absolute Gasteiger partial charge is 0.497 e. The third-order valence-electron chi connectivity index (χ3n) is 5.08. The molecule has 0 saturated carbocycles. The van der Waals surface area contributed by atoms with Gasteiger partial charge in [0.2, 0.25) is 11.8 Å². The van der Waals surface area contributed by atoms with Gasteiger partial charge >= 0.3 is 0 Å². The Morgan fingerprint density at radius 1 is 1.00 bits per heavy atom. The van der Waals surface area contributed by atoms with E-state index in [-0.39, 0.29) is 11.7 Å². The molecule has 1 amide bonds. The number of hydrogen-bond acceptors (Lipinski definition) is 8. The number of anilines is 1. The van der Waals surface area contributed by atoms with Gasteiger partial charge in [-0.15, -0.1) is 10.2 Å². The van der Waals surface area contributed by atoms with Gasteiger partial charge in [-0.3, -0.25) is 4.79 Å². The number of para-hydroxylation sites is 1. The normalized spacial score (nSPS) is 13.9. The van der Waals surface area contributed by atoms with Gasteiger partial charge in [-0.05, 0) is 24.3 Å². The molecule has 0 atom stereocenters. The number of nitrogens with zero attached hydrogens (tertiary/aromatic N) is 4. The van der Waals surface area contributed by atoms with Crippen molar-refractivity contribution in [2.75, 3.05) is 51.1 Å². The standard InChI is InChI=1S/C22H24N4O4S/c1-28-18-12-16(13-19(14-18)29-2)21-23-24-22(30-21)31-15-20(27)26-10-8-25(9-11-26)17-6-4-3-5-7-17/h3-7,12-14H,8-11,15H2,1-2H3. The fraction of sp³-hybridized carbons (Fsp3) is 0.318. The molecule has 162 valence electrons. The minimum Gasteiger partial charge on any atom is -0.497 e. The summed E-state index contributed by atoms with van der Waals surface area (Å²) >= 11 is 1.25. The molecular formula is C22H24N4O4S. The maximum atomic E-state index is 12.6. The fourth-order valence-corrected chi connectivity index (χ4v) is 4.05. The maximum absolute atomic E-state index is 12.6. The first-order chi connectivity index (χ1) is 15.2. The molecular weight excluding hydrogens is 416 g/mol. The van der Waals surface area contributed by atoms with Gasteiger partial charge in [-0.1, -0.05) is 30.0 Å². The molecule has 1 saturated heterocycles. The third kappa shape index (κ3) is 5.11. The van der Waals surface area contributed by atoms with E-state index in [0.29, 0.717) is 41.3 Å². The Morgan fingerprint density at radius 2 is 1.68 bits per heavy atom. The minimum absolute atomic E-state index is 0.0699. The first kappa shape index (κ1) is 21.0. The van der Waals surface area contributed by atoms with Crippen molar-refractivity contribution in [3.8, 4) is 23.0 Å². The molecule has 1 aliphatic heterocycles. The van der Waals surface area contributed by atoms with Crippen molar-refractivity contribution < 1.29 is 18.7 Å². The van der Waals surface area contributed by atoms with Crippen LogP contribution in [0.2, 0.25) is 0 Å². The molecule has 1 aromatic heterocycles. The number of carbonyl (C=O) groups excluding carboxylic acids is 1. The highest BCUT2D eigenvalue weighted by Crippen LogP contribution is 2.30. The Morgan fingerprint density at radius 3 is 2.32 bits per heavy atom. The molecule has 0 unspecified atom stereocenters. The molecule has 4 rings (SSSR count). The Kier molecular flexibility index (Phi) is 6.61. The van der Waals surface area contributed by atoms with Gasteiger partial charge in [0.05, 0.1) is 20.0 Å². The van der Waals surface area contributed by atoms with E-state index in [4.69, 9.17) is 13.9 Å². The van der Waals surface area contributed by atoms with Gasteiger partial charge in [0, 0.05) is 43.5 Å². The third-order valence-corrected chi connectivity index (χ3v) is 5.88. The fourth-order valence-electron chi connectivity index (χ4n) is 3.38. The van der Waals surface area contributed by atoms with E-state index in [0.717, 1.165) is 13.1 Å². The zero-order valence-electron chi connectivity index (χ0n) is 17.5. The number of methoxy groups -OCH3 is 2. The highest BCUT2D eigenvalue weighted by molar-refractivity contribution is 7.99. The summed E-state index contributed by atoms with van der Waals surface area (Å²) in [6.45, 7) is 3.05. The van der Waals surface area contributed by atoms with Crippen molar-refractivity contribution in [1.82, 2.24) is 15.1 Å². The lowest BCUT2D eigenvalue weighted by molar-refractivity contribution is -0.128. The molecule has 1 aliphatic rings. The highest BCUT2D eigenvalue weighted by atomic mass is 32.2. The second kappa shape index (κ2) is 9.74. The average Bonchev–Trinajstić information content (AvgIpc) is 3.32. The van der Waals surface area contributed by atoms with Crippen LogP contribution >= 0.6 is 11.8 Å². The van der Waals surface area contributed by atoms with Crippen molar-refractivity contribution in [2.45, 2.75) is 5.22 Å². The van der Waals surface area contributed by atoms with Gasteiger partial charge in [0.1, 0.15) is 11.5 Å². The van der Waals surface area contributed by atoms with E-state index in [2.05, 4.69) is 27.2 Å². The van der Waals surface area contributed by atoms with Crippen LogP contribution in [-0.2, 0) is 4.79 Å². The predicted molar refractivity (Wildman–Crippen MR) is 119 cm³/mol. The number of hydrogen-bond donors (Lipinski definition) is 0. The van der Waals surface area contributed by atoms with Crippen LogP contribution in [0, 0.1) is 0 Å². The van der Waals surface area contributed by atoms with Crippen LogP contribution in [-0.4, -0.2) is 67.2 Å². The molecule has 0 bridgehead atoms. The number of thioether (sulfide) groups is 1. The zero-order chi connectivity index (χ0) is 21.6. The molecule has 8 nitrogen and oxygen atoms in total. The van der Waals surface area contributed by atoms with Crippen molar-refractivity contribution in [3.63, 3.8) is 0 Å². The number of piperazine rings is 1. The Hall–Kier alpha value is -3.20. The second-order valence-electron chi connectivity index (χ2n) is 6.97. The smallest absolute Gasteiger partial charge is 0.277 e. The van der Waals surface area contributed by atoms with E-state index in [9.17, 15) is 4.79 Å². The van der Waals surface area contributed by atoms with Gasteiger partial charge in [0.25, 0.3) is 5.22 Å². The zero-order valence-corrected chi connectivity index (χ0v) is 18.3. The van der Waals surface area contributed by atoms with Gasteiger partial charge in [-0.2, -0.15) is 0 Å². The molecule has 0 spiro atoms. The Bertz CT molecular complexity index is 997. The van der Waals surface area contributed by atoms with Crippen LogP contribution in [0.1, 0.15) is 0 Å². The van der Waals surface area contributed by atoms with E-state index >= 15 is 0 Å². The summed E-state index contributed by atoms with van der Waals surface area (Å²) in [6.07, 6.45) is 0. The SMILES string of the molecule is COc1cc(OC)cc(-c2nnc(SCC(=O)N3CCN(c4ccccc4)CC3)o2)c1. The summed E-state index contributed by atoms with van der Waals surface area (Å²) in [4.78, 5) is 16.8. The predicted octanol–water partition coefficient (Wildman–Crippen LogP) is 3.19. The molecule has 3 aromatic rings. The van der Waals surface area contributed by atoms with E-state index in [1.807, 2.05) is 23.1 Å². The summed E-state index contributed by atoms with van der Waals surface area (Å²) in [7, 11) is 3.16. The highest BCUT2D eigenvalue weighted by Gasteiger charge is 2.22. The topological polar surface area (TPSA) is 80.9 Å². The lowest BCUT2D eigenvalue weighted by atomic mass is 10.2. The Labute approximate surface area is 185 Å². The molecule has 1 fully saturated rings. The number of rotatable bonds is 7. The van der Waals surface area contributed by atoms with Crippen LogP contribution in [0.5, 0.6) is 11.5 Å². The number of ether oxygens (including phenoxy) is 2. The summed E-state index contributed by atoms with van der Waals surface area (Å²) in [5.41, 5.74) is 1.88. The van der Waals surface area contributed by atoms with Gasteiger partial charge in [0.15, 0.2) is 0 Å². The molecule has 2 heterocycles. The Balaban J connectivity index is 1.31. The molecule has 9 heteroatoms. The monoisotopic (exact) mass is 440 g/mol. The van der Waals surface area contributed by atoms with Crippen LogP contribution in [0.3, 0.4) is 0 Å². The number of benzene rings is 2. The van der Waals surface area contributed by atoms with Gasteiger partial charge < -0.3 is 23.7 Å². The van der Waals surface area contributed by atoms with Crippen molar-refractivity contribution in [1.29, 1.82) is 0 Å². The quantitative estimate of drug-likeness (QED) is 0.518.